The Bertz CT molecular complexity index is 808. The number of piperidine rings is 1. The van der Waals surface area contributed by atoms with E-state index in [-0.39, 0.29) is 30.2 Å². The van der Waals surface area contributed by atoms with Gasteiger partial charge in [0, 0.05) is 37.7 Å². The van der Waals surface area contributed by atoms with Gasteiger partial charge < -0.3 is 20.1 Å². The van der Waals surface area contributed by atoms with Gasteiger partial charge in [0.15, 0.2) is 0 Å². The minimum absolute atomic E-state index is 0.0256. The summed E-state index contributed by atoms with van der Waals surface area (Å²) in [4.78, 5) is 14.9. The first-order valence-corrected chi connectivity index (χ1v) is 11.7. The SMILES string of the molecule is CC1COCCC1NC1CCC(C(=O)N2CCC(O)(c3cccc(C(F)(F)F)c3)CC2)C1. The molecule has 2 saturated heterocycles. The minimum atomic E-state index is -4.45. The summed E-state index contributed by atoms with van der Waals surface area (Å²) in [6.07, 6.45) is -0.320. The van der Waals surface area contributed by atoms with E-state index in [9.17, 15) is 23.1 Å². The van der Waals surface area contributed by atoms with E-state index in [2.05, 4.69) is 12.2 Å². The Balaban J connectivity index is 1.31. The fourth-order valence-corrected chi connectivity index (χ4v) is 5.42. The van der Waals surface area contributed by atoms with Crippen molar-refractivity contribution in [2.75, 3.05) is 26.3 Å². The number of alkyl halides is 3. The van der Waals surface area contributed by atoms with Gasteiger partial charge in [0.25, 0.3) is 0 Å². The standard InChI is InChI=1S/C24H33F3N2O3/c1-16-15-32-12-7-21(16)28-20-6-5-17(13-20)22(30)29-10-8-23(31,9-11-29)18-3-2-4-19(14-18)24(25,26)27/h2-4,14,16-17,20-21,28,31H,5-13,15H2,1H3. The highest BCUT2D eigenvalue weighted by molar-refractivity contribution is 5.79. The van der Waals surface area contributed by atoms with Crippen LogP contribution in [0, 0.1) is 11.8 Å². The Morgan fingerprint density at radius 2 is 1.97 bits per heavy atom. The van der Waals surface area contributed by atoms with Crippen LogP contribution < -0.4 is 5.32 Å². The molecule has 0 bridgehead atoms. The van der Waals surface area contributed by atoms with Gasteiger partial charge in [-0.05, 0) is 62.1 Å². The number of carbonyl (C=O) groups is 1. The predicted molar refractivity (Wildman–Crippen MR) is 114 cm³/mol. The smallest absolute Gasteiger partial charge is 0.385 e. The Morgan fingerprint density at radius 3 is 2.66 bits per heavy atom. The van der Waals surface area contributed by atoms with Gasteiger partial charge >= 0.3 is 6.18 Å². The number of hydrogen-bond donors (Lipinski definition) is 2. The van der Waals surface area contributed by atoms with E-state index >= 15 is 0 Å². The first kappa shape index (κ1) is 23.5. The van der Waals surface area contributed by atoms with Crippen LogP contribution in [0.4, 0.5) is 13.2 Å². The van der Waals surface area contributed by atoms with Crippen molar-refractivity contribution in [3.05, 3.63) is 35.4 Å². The Morgan fingerprint density at radius 1 is 1.22 bits per heavy atom. The zero-order valence-corrected chi connectivity index (χ0v) is 18.5. The van der Waals surface area contributed by atoms with Crippen LogP contribution in [0.3, 0.4) is 0 Å². The van der Waals surface area contributed by atoms with Crippen molar-refractivity contribution >= 4 is 5.91 Å². The maximum absolute atomic E-state index is 13.1. The van der Waals surface area contributed by atoms with Crippen LogP contribution in [0.25, 0.3) is 0 Å². The molecule has 1 amide bonds. The van der Waals surface area contributed by atoms with E-state index in [1.807, 2.05) is 0 Å². The van der Waals surface area contributed by atoms with Crippen molar-refractivity contribution in [2.24, 2.45) is 11.8 Å². The Kier molecular flexibility index (Phi) is 6.84. The van der Waals surface area contributed by atoms with Crippen LogP contribution in [0.2, 0.25) is 0 Å². The Labute approximate surface area is 187 Å². The third kappa shape index (κ3) is 5.13. The third-order valence-corrected chi connectivity index (χ3v) is 7.50. The molecule has 0 spiro atoms. The predicted octanol–water partition coefficient (Wildman–Crippen LogP) is 3.70. The zero-order valence-electron chi connectivity index (χ0n) is 18.5. The molecule has 4 rings (SSSR count). The van der Waals surface area contributed by atoms with E-state index in [0.29, 0.717) is 31.1 Å². The van der Waals surface area contributed by atoms with Crippen molar-refractivity contribution in [3.8, 4) is 0 Å². The molecule has 8 heteroatoms. The van der Waals surface area contributed by atoms with Gasteiger partial charge in [-0.1, -0.05) is 19.1 Å². The second-order valence-electron chi connectivity index (χ2n) is 9.76. The van der Waals surface area contributed by atoms with Crippen molar-refractivity contribution < 1.29 is 27.8 Å². The molecule has 3 aliphatic rings. The van der Waals surface area contributed by atoms with Crippen LogP contribution >= 0.6 is 0 Å². The quantitative estimate of drug-likeness (QED) is 0.729. The largest absolute Gasteiger partial charge is 0.416 e. The van der Waals surface area contributed by atoms with Gasteiger partial charge in [-0.15, -0.1) is 0 Å². The number of aliphatic hydroxyl groups is 1. The zero-order chi connectivity index (χ0) is 22.9. The molecule has 3 fully saturated rings. The molecule has 0 aromatic heterocycles. The summed E-state index contributed by atoms with van der Waals surface area (Å²) in [5.41, 5.74) is -1.82. The number of nitrogens with zero attached hydrogens (tertiary/aromatic N) is 1. The number of carbonyl (C=O) groups excluding carboxylic acids is 1. The van der Waals surface area contributed by atoms with Crippen molar-refractivity contribution in [3.63, 3.8) is 0 Å². The average molecular weight is 455 g/mol. The molecule has 1 aromatic carbocycles. The molecule has 5 nitrogen and oxygen atoms in total. The van der Waals surface area contributed by atoms with Crippen LogP contribution in [0.15, 0.2) is 24.3 Å². The third-order valence-electron chi connectivity index (χ3n) is 7.50. The first-order valence-electron chi connectivity index (χ1n) is 11.7. The minimum Gasteiger partial charge on any atom is -0.385 e. The number of likely N-dealkylation sites (tertiary alicyclic amines) is 1. The summed E-state index contributed by atoms with van der Waals surface area (Å²) in [7, 11) is 0. The maximum atomic E-state index is 13.1. The molecule has 1 saturated carbocycles. The van der Waals surface area contributed by atoms with Gasteiger partial charge in [0.2, 0.25) is 5.91 Å². The number of nitrogens with one attached hydrogen (secondary N) is 1. The van der Waals surface area contributed by atoms with E-state index in [1.165, 1.54) is 12.1 Å². The molecule has 0 radical (unpaired) electrons. The molecule has 2 heterocycles. The Hall–Kier alpha value is -1.64. The van der Waals surface area contributed by atoms with Gasteiger partial charge in [0.1, 0.15) is 0 Å². The summed E-state index contributed by atoms with van der Waals surface area (Å²) >= 11 is 0. The summed E-state index contributed by atoms with van der Waals surface area (Å²) in [6.45, 7) is 4.46. The highest BCUT2D eigenvalue weighted by Gasteiger charge is 2.40. The number of halogens is 3. The summed E-state index contributed by atoms with van der Waals surface area (Å²) < 4.78 is 44.7. The highest BCUT2D eigenvalue weighted by atomic mass is 19.4. The lowest BCUT2D eigenvalue weighted by Crippen LogP contribution is -2.47. The fourth-order valence-electron chi connectivity index (χ4n) is 5.42. The van der Waals surface area contributed by atoms with Crippen LogP contribution in [0.1, 0.15) is 56.6 Å². The number of benzene rings is 1. The number of ether oxygens (including phenoxy) is 1. The van der Waals surface area contributed by atoms with Crippen LogP contribution in [-0.4, -0.2) is 54.3 Å². The monoisotopic (exact) mass is 454 g/mol. The lowest BCUT2D eigenvalue weighted by atomic mass is 9.83. The average Bonchev–Trinajstić information content (AvgIpc) is 3.23. The molecule has 4 atom stereocenters. The number of hydrogen-bond acceptors (Lipinski definition) is 4. The molecule has 178 valence electrons. The van der Waals surface area contributed by atoms with E-state index in [1.54, 1.807) is 4.90 Å². The maximum Gasteiger partial charge on any atom is 0.416 e. The molecule has 1 aromatic rings. The van der Waals surface area contributed by atoms with Gasteiger partial charge in [-0.2, -0.15) is 13.2 Å². The molecule has 2 aliphatic heterocycles. The number of rotatable bonds is 4. The topological polar surface area (TPSA) is 61.8 Å². The molecular weight excluding hydrogens is 421 g/mol. The molecule has 4 unspecified atom stereocenters. The molecule has 2 N–H and O–H groups in total. The van der Waals surface area contributed by atoms with E-state index < -0.39 is 17.3 Å². The summed E-state index contributed by atoms with van der Waals surface area (Å²) in [5, 5.41) is 14.7. The molecule has 32 heavy (non-hydrogen) atoms. The van der Waals surface area contributed by atoms with E-state index in [0.717, 1.165) is 51.0 Å². The highest BCUT2D eigenvalue weighted by Crippen LogP contribution is 2.38. The van der Waals surface area contributed by atoms with Crippen LogP contribution in [0.5, 0.6) is 0 Å². The van der Waals surface area contributed by atoms with Gasteiger partial charge in [0.05, 0.1) is 17.8 Å². The summed E-state index contributed by atoms with van der Waals surface area (Å²) in [6, 6.07) is 5.68. The normalized spacial score (nSPS) is 31.0. The van der Waals surface area contributed by atoms with Gasteiger partial charge in [-0.25, -0.2) is 0 Å². The van der Waals surface area contributed by atoms with Crippen molar-refractivity contribution in [2.45, 2.75) is 69.3 Å². The molecular formula is C24H33F3N2O3. The summed E-state index contributed by atoms with van der Waals surface area (Å²) in [5.74, 6) is 0.553. The molecule has 1 aliphatic carbocycles. The second-order valence-corrected chi connectivity index (χ2v) is 9.76. The lowest BCUT2D eigenvalue weighted by Gasteiger charge is -2.39. The number of amides is 1. The fraction of sp³-hybridized carbons (Fsp3) is 0.708. The lowest BCUT2D eigenvalue weighted by molar-refractivity contribution is -0.140. The first-order chi connectivity index (χ1) is 15.2. The van der Waals surface area contributed by atoms with E-state index in [4.69, 9.17) is 4.74 Å². The van der Waals surface area contributed by atoms with Crippen molar-refractivity contribution in [1.82, 2.24) is 10.2 Å². The second kappa shape index (κ2) is 9.31. The van der Waals surface area contributed by atoms with Crippen molar-refractivity contribution in [1.29, 1.82) is 0 Å². The van der Waals surface area contributed by atoms with Crippen LogP contribution in [-0.2, 0) is 21.3 Å². The van der Waals surface area contributed by atoms with Gasteiger partial charge in [-0.3, -0.25) is 4.79 Å².